The third kappa shape index (κ3) is 4.35. The highest BCUT2D eigenvalue weighted by Gasteiger charge is 2.12. The van der Waals surface area contributed by atoms with Crippen molar-refractivity contribution < 1.29 is 14.3 Å². The maximum absolute atomic E-state index is 11.9. The number of methoxy groups -OCH3 is 1. The van der Waals surface area contributed by atoms with Crippen molar-refractivity contribution in [2.45, 2.75) is 6.61 Å². The summed E-state index contributed by atoms with van der Waals surface area (Å²) < 4.78 is 10.6. The second-order valence-corrected chi connectivity index (χ2v) is 5.99. The molecule has 0 fully saturated rings. The zero-order valence-electron chi connectivity index (χ0n) is 14.2. The van der Waals surface area contributed by atoms with E-state index in [4.69, 9.17) is 21.1 Å². The van der Waals surface area contributed by atoms with E-state index in [2.05, 4.69) is 5.32 Å². The fourth-order valence-electron chi connectivity index (χ4n) is 2.47. The van der Waals surface area contributed by atoms with Crippen molar-refractivity contribution in [2.24, 2.45) is 0 Å². The molecule has 0 unspecified atom stereocenters. The molecule has 0 aromatic heterocycles. The van der Waals surface area contributed by atoms with Gasteiger partial charge in [-0.25, -0.2) is 4.79 Å². The average Bonchev–Trinajstić information content (AvgIpc) is 2.68. The number of nitrogens with one attached hydrogen (secondary N) is 1. The predicted octanol–water partition coefficient (Wildman–Crippen LogP) is 5.45. The van der Waals surface area contributed by atoms with Crippen LogP contribution >= 0.6 is 11.6 Å². The van der Waals surface area contributed by atoms with Crippen LogP contribution in [0.1, 0.15) is 15.9 Å². The van der Waals surface area contributed by atoms with Crippen molar-refractivity contribution in [3.63, 3.8) is 0 Å². The smallest absolute Gasteiger partial charge is 0.339 e. The Balaban J connectivity index is 1.73. The molecule has 1 N–H and O–H groups in total. The fourth-order valence-corrected chi connectivity index (χ4v) is 2.70. The molecule has 0 aliphatic carbocycles. The van der Waals surface area contributed by atoms with Gasteiger partial charge < -0.3 is 14.8 Å². The standard InChI is InChI=1S/C21H18ClNO3/c1-25-21(24)17-9-5-6-10-19(17)23-16-11-12-20(18(22)13-16)26-14-15-7-3-2-4-8-15/h2-13,23H,14H2,1H3. The molecule has 3 rings (SSSR count). The van der Waals surface area contributed by atoms with Gasteiger partial charge in [-0.05, 0) is 35.9 Å². The van der Waals surface area contributed by atoms with Gasteiger partial charge in [0.15, 0.2) is 0 Å². The van der Waals surface area contributed by atoms with E-state index in [-0.39, 0.29) is 0 Å². The minimum atomic E-state index is -0.401. The van der Waals surface area contributed by atoms with Gasteiger partial charge in [0.1, 0.15) is 12.4 Å². The number of esters is 1. The summed E-state index contributed by atoms with van der Waals surface area (Å²) in [5, 5.41) is 3.68. The van der Waals surface area contributed by atoms with Gasteiger partial charge in [-0.1, -0.05) is 54.1 Å². The molecule has 0 saturated carbocycles. The van der Waals surface area contributed by atoms with Crippen LogP contribution in [0.25, 0.3) is 0 Å². The summed E-state index contributed by atoms with van der Waals surface area (Å²) >= 11 is 6.33. The van der Waals surface area contributed by atoms with Crippen LogP contribution in [0.15, 0.2) is 72.8 Å². The molecule has 0 atom stereocenters. The molecule has 0 saturated heterocycles. The van der Waals surface area contributed by atoms with Crippen LogP contribution < -0.4 is 10.1 Å². The maximum Gasteiger partial charge on any atom is 0.339 e. The number of carbonyl (C=O) groups excluding carboxylic acids is 1. The van der Waals surface area contributed by atoms with Crippen LogP contribution in [0.2, 0.25) is 5.02 Å². The lowest BCUT2D eigenvalue weighted by molar-refractivity contribution is 0.0602. The Hall–Kier alpha value is -2.98. The van der Waals surface area contributed by atoms with Crippen molar-refractivity contribution in [3.8, 4) is 5.75 Å². The number of anilines is 2. The maximum atomic E-state index is 11.9. The Kier molecular flexibility index (Phi) is 5.77. The van der Waals surface area contributed by atoms with Gasteiger partial charge in [-0.3, -0.25) is 0 Å². The van der Waals surface area contributed by atoms with Gasteiger partial charge in [0.25, 0.3) is 0 Å². The monoisotopic (exact) mass is 367 g/mol. The molecule has 0 spiro atoms. The number of hydrogen-bond donors (Lipinski definition) is 1. The number of benzene rings is 3. The van der Waals surface area contributed by atoms with Crippen molar-refractivity contribution in [2.75, 3.05) is 12.4 Å². The third-order valence-electron chi connectivity index (χ3n) is 3.78. The van der Waals surface area contributed by atoms with Gasteiger partial charge in [-0.2, -0.15) is 0 Å². The highest BCUT2D eigenvalue weighted by atomic mass is 35.5. The van der Waals surface area contributed by atoms with Crippen molar-refractivity contribution >= 4 is 28.9 Å². The molecular formula is C21H18ClNO3. The highest BCUT2D eigenvalue weighted by molar-refractivity contribution is 6.32. The summed E-state index contributed by atoms with van der Waals surface area (Å²) in [4.78, 5) is 11.9. The molecule has 3 aromatic carbocycles. The van der Waals surface area contributed by atoms with Gasteiger partial charge in [0, 0.05) is 5.69 Å². The van der Waals surface area contributed by atoms with Crippen LogP contribution in [0, 0.1) is 0 Å². The third-order valence-corrected chi connectivity index (χ3v) is 4.08. The van der Waals surface area contributed by atoms with Crippen LogP contribution in [0.5, 0.6) is 5.75 Å². The number of hydrogen-bond acceptors (Lipinski definition) is 4. The Morgan fingerprint density at radius 2 is 1.73 bits per heavy atom. The lowest BCUT2D eigenvalue weighted by atomic mass is 10.1. The molecule has 5 heteroatoms. The van der Waals surface area contributed by atoms with E-state index in [9.17, 15) is 4.79 Å². The molecule has 3 aromatic rings. The summed E-state index contributed by atoms with van der Waals surface area (Å²) in [5.74, 6) is 0.198. The fraction of sp³-hybridized carbons (Fsp3) is 0.0952. The van der Waals surface area contributed by atoms with Crippen molar-refractivity contribution in [3.05, 3.63) is 88.9 Å². The topological polar surface area (TPSA) is 47.6 Å². The van der Waals surface area contributed by atoms with E-state index in [0.29, 0.717) is 28.6 Å². The predicted molar refractivity (Wildman–Crippen MR) is 103 cm³/mol. The first-order chi connectivity index (χ1) is 12.7. The zero-order valence-corrected chi connectivity index (χ0v) is 15.0. The van der Waals surface area contributed by atoms with Crippen molar-refractivity contribution in [1.82, 2.24) is 0 Å². The lowest BCUT2D eigenvalue weighted by Gasteiger charge is -2.13. The summed E-state index contributed by atoms with van der Waals surface area (Å²) in [6.45, 7) is 0.443. The highest BCUT2D eigenvalue weighted by Crippen LogP contribution is 2.30. The van der Waals surface area contributed by atoms with Crippen LogP contribution in [0.4, 0.5) is 11.4 Å². The van der Waals surface area contributed by atoms with Gasteiger partial charge in [0.2, 0.25) is 0 Å². The molecule has 0 radical (unpaired) electrons. The van der Waals surface area contributed by atoms with Crippen molar-refractivity contribution in [1.29, 1.82) is 0 Å². The number of rotatable bonds is 6. The number of halogens is 1. The summed E-state index contributed by atoms with van der Waals surface area (Å²) in [7, 11) is 1.36. The lowest BCUT2D eigenvalue weighted by Crippen LogP contribution is -2.05. The molecular weight excluding hydrogens is 350 g/mol. The van der Waals surface area contributed by atoms with E-state index < -0.39 is 5.97 Å². The first-order valence-electron chi connectivity index (χ1n) is 8.08. The molecule has 0 heterocycles. The van der Waals surface area contributed by atoms with Crippen LogP contribution in [0.3, 0.4) is 0 Å². The van der Waals surface area contributed by atoms with E-state index in [1.54, 1.807) is 30.3 Å². The molecule has 0 bridgehead atoms. The van der Waals surface area contributed by atoms with Gasteiger partial charge in [0.05, 0.1) is 23.4 Å². The number of carbonyl (C=O) groups is 1. The molecule has 0 amide bonds. The molecule has 0 aliphatic heterocycles. The number of para-hydroxylation sites is 1. The average molecular weight is 368 g/mol. The Labute approximate surface area is 157 Å². The van der Waals surface area contributed by atoms with E-state index in [0.717, 1.165) is 11.3 Å². The van der Waals surface area contributed by atoms with E-state index in [1.807, 2.05) is 42.5 Å². The largest absolute Gasteiger partial charge is 0.487 e. The first kappa shape index (κ1) is 17.8. The summed E-state index contributed by atoms with van der Waals surface area (Å²) in [6.07, 6.45) is 0. The summed E-state index contributed by atoms with van der Waals surface area (Å²) in [6, 6.07) is 22.4. The molecule has 26 heavy (non-hydrogen) atoms. The molecule has 0 aliphatic rings. The zero-order chi connectivity index (χ0) is 18.4. The Bertz CT molecular complexity index is 897. The normalized spacial score (nSPS) is 10.2. The molecule has 4 nitrogen and oxygen atoms in total. The second-order valence-electron chi connectivity index (χ2n) is 5.58. The van der Waals surface area contributed by atoms with Crippen LogP contribution in [-0.2, 0) is 11.3 Å². The van der Waals surface area contributed by atoms with E-state index >= 15 is 0 Å². The van der Waals surface area contributed by atoms with Gasteiger partial charge in [-0.15, -0.1) is 0 Å². The first-order valence-corrected chi connectivity index (χ1v) is 8.46. The summed E-state index contributed by atoms with van der Waals surface area (Å²) in [5.41, 5.74) is 2.92. The minimum Gasteiger partial charge on any atom is -0.487 e. The SMILES string of the molecule is COC(=O)c1ccccc1Nc1ccc(OCc2ccccc2)c(Cl)c1. The van der Waals surface area contributed by atoms with Gasteiger partial charge >= 0.3 is 5.97 Å². The second kappa shape index (κ2) is 8.41. The Morgan fingerprint density at radius 1 is 1.00 bits per heavy atom. The minimum absolute atomic E-state index is 0.401. The quantitative estimate of drug-likeness (QED) is 0.588. The Morgan fingerprint density at radius 3 is 2.46 bits per heavy atom. The van der Waals surface area contributed by atoms with E-state index in [1.165, 1.54) is 7.11 Å². The van der Waals surface area contributed by atoms with Crippen LogP contribution in [-0.4, -0.2) is 13.1 Å². The molecule has 132 valence electrons. The number of ether oxygens (including phenoxy) is 2.